The van der Waals surface area contributed by atoms with Crippen molar-refractivity contribution in [3.8, 4) is 0 Å². The summed E-state index contributed by atoms with van der Waals surface area (Å²) < 4.78 is 0. The van der Waals surface area contributed by atoms with Gasteiger partial charge in [0.2, 0.25) is 11.8 Å². The van der Waals surface area contributed by atoms with Crippen molar-refractivity contribution in [1.29, 1.82) is 0 Å². The van der Waals surface area contributed by atoms with E-state index >= 15 is 0 Å². The Morgan fingerprint density at radius 2 is 1.29 bits per heavy atom. The second kappa shape index (κ2) is 9.27. The molecule has 2 aliphatic rings. The molecule has 2 saturated heterocycles. The quantitative estimate of drug-likeness (QED) is 0.623. The number of nitrogens with zero attached hydrogens (tertiary/aromatic N) is 2. The molecule has 2 aliphatic heterocycles. The highest BCUT2D eigenvalue weighted by Crippen LogP contribution is 2.07. The molecule has 120 valence electrons. The Morgan fingerprint density at radius 1 is 0.762 bits per heavy atom. The molecule has 7 heteroatoms. The van der Waals surface area contributed by atoms with Gasteiger partial charge in [0.15, 0.2) is 0 Å². The van der Waals surface area contributed by atoms with Gasteiger partial charge in [-0.3, -0.25) is 19.4 Å². The van der Waals surface area contributed by atoms with E-state index in [0.717, 1.165) is 50.5 Å². The van der Waals surface area contributed by atoms with E-state index < -0.39 is 0 Å². The molecule has 0 aromatic rings. The first-order valence-corrected chi connectivity index (χ1v) is 8.95. The summed E-state index contributed by atoms with van der Waals surface area (Å²) >= 11 is 1.90. The SMILES string of the molecule is O=C1CN2CCCN(CCSCC2)CC(=O)NCCCN1. The van der Waals surface area contributed by atoms with Crippen LogP contribution < -0.4 is 10.6 Å². The van der Waals surface area contributed by atoms with E-state index in [0.29, 0.717) is 26.2 Å². The highest BCUT2D eigenvalue weighted by atomic mass is 32.2. The summed E-state index contributed by atoms with van der Waals surface area (Å²) in [5.74, 6) is 2.29. The maximum absolute atomic E-state index is 11.9. The number of amides is 2. The summed E-state index contributed by atoms with van der Waals surface area (Å²) in [5, 5.41) is 5.86. The second-order valence-electron chi connectivity index (χ2n) is 5.57. The van der Waals surface area contributed by atoms with Crippen LogP contribution in [0.5, 0.6) is 0 Å². The zero-order valence-electron chi connectivity index (χ0n) is 12.6. The zero-order valence-corrected chi connectivity index (χ0v) is 13.4. The summed E-state index contributed by atoms with van der Waals surface area (Å²) in [4.78, 5) is 28.3. The maximum Gasteiger partial charge on any atom is 0.234 e. The van der Waals surface area contributed by atoms with Crippen molar-refractivity contribution in [2.24, 2.45) is 0 Å². The van der Waals surface area contributed by atoms with E-state index in [4.69, 9.17) is 0 Å². The van der Waals surface area contributed by atoms with Crippen LogP contribution >= 0.6 is 11.8 Å². The van der Waals surface area contributed by atoms with Crippen LogP contribution in [0.4, 0.5) is 0 Å². The van der Waals surface area contributed by atoms with Crippen LogP contribution in [0.3, 0.4) is 0 Å². The molecule has 2 amide bonds. The minimum Gasteiger partial charge on any atom is -0.355 e. The topological polar surface area (TPSA) is 64.7 Å². The Balaban J connectivity index is 1.97. The Labute approximate surface area is 131 Å². The third-order valence-electron chi connectivity index (χ3n) is 3.78. The number of carbonyl (C=O) groups excluding carboxylic acids is 2. The molecule has 2 atom stereocenters. The van der Waals surface area contributed by atoms with Crippen molar-refractivity contribution >= 4 is 23.6 Å². The Morgan fingerprint density at radius 3 is 1.81 bits per heavy atom. The normalized spacial score (nSPS) is 30.3. The summed E-state index contributed by atoms with van der Waals surface area (Å²) in [5.41, 5.74) is 0. The molecule has 0 radical (unpaired) electrons. The summed E-state index contributed by atoms with van der Waals surface area (Å²) in [6.07, 6.45) is 1.79. The van der Waals surface area contributed by atoms with Crippen molar-refractivity contribution < 1.29 is 9.59 Å². The third kappa shape index (κ3) is 6.67. The monoisotopic (exact) mass is 314 g/mol. The lowest BCUT2D eigenvalue weighted by atomic mass is 10.3. The molecule has 0 saturated carbocycles. The van der Waals surface area contributed by atoms with Crippen LogP contribution in [-0.4, -0.2) is 85.5 Å². The van der Waals surface area contributed by atoms with Crippen LogP contribution in [0.15, 0.2) is 0 Å². The first kappa shape index (κ1) is 16.6. The number of thioether (sulfide) groups is 1. The van der Waals surface area contributed by atoms with Gasteiger partial charge in [0.1, 0.15) is 0 Å². The predicted octanol–water partition coefficient (Wildman–Crippen LogP) is -0.637. The molecule has 0 aromatic carbocycles. The van der Waals surface area contributed by atoms with Crippen molar-refractivity contribution in [2.45, 2.75) is 12.8 Å². The largest absolute Gasteiger partial charge is 0.355 e. The van der Waals surface area contributed by atoms with E-state index in [2.05, 4.69) is 20.4 Å². The fraction of sp³-hybridized carbons (Fsp3) is 0.857. The van der Waals surface area contributed by atoms with Crippen LogP contribution in [0.2, 0.25) is 0 Å². The highest BCUT2D eigenvalue weighted by molar-refractivity contribution is 7.99. The fourth-order valence-electron chi connectivity index (χ4n) is 2.61. The van der Waals surface area contributed by atoms with E-state index in [-0.39, 0.29) is 11.8 Å². The molecule has 0 spiro atoms. The molecule has 0 aromatic heterocycles. The van der Waals surface area contributed by atoms with Gasteiger partial charge in [-0.1, -0.05) is 0 Å². The van der Waals surface area contributed by atoms with Gasteiger partial charge in [0.25, 0.3) is 0 Å². The van der Waals surface area contributed by atoms with E-state index in [9.17, 15) is 9.59 Å². The van der Waals surface area contributed by atoms with Crippen LogP contribution in [-0.2, 0) is 9.59 Å². The van der Waals surface area contributed by atoms with Gasteiger partial charge in [-0.15, -0.1) is 0 Å². The number of nitrogens with one attached hydrogen (secondary N) is 2. The van der Waals surface area contributed by atoms with Crippen molar-refractivity contribution in [3.63, 3.8) is 0 Å². The fourth-order valence-corrected chi connectivity index (χ4v) is 3.59. The van der Waals surface area contributed by atoms with Gasteiger partial charge in [0.05, 0.1) is 13.1 Å². The van der Waals surface area contributed by atoms with Crippen LogP contribution in [0.25, 0.3) is 0 Å². The molecular formula is C14H26N4O2S. The van der Waals surface area contributed by atoms with Crippen molar-refractivity contribution in [1.82, 2.24) is 20.4 Å². The Hall–Kier alpha value is -0.790. The average molecular weight is 314 g/mol. The lowest BCUT2D eigenvalue weighted by Crippen LogP contribution is -2.44. The molecule has 2 heterocycles. The highest BCUT2D eigenvalue weighted by Gasteiger charge is 2.16. The molecule has 2 bridgehead atoms. The molecular weight excluding hydrogens is 288 g/mol. The van der Waals surface area contributed by atoms with Gasteiger partial charge in [0, 0.05) is 37.7 Å². The van der Waals surface area contributed by atoms with Gasteiger partial charge < -0.3 is 10.6 Å². The summed E-state index contributed by atoms with van der Waals surface area (Å²) in [7, 11) is 0. The molecule has 21 heavy (non-hydrogen) atoms. The van der Waals surface area contributed by atoms with Gasteiger partial charge in [-0.05, 0) is 25.9 Å². The standard InChI is InChI=1S/C14H26N4O2S/c19-13-11-17-5-2-6-18(8-10-21-9-7-17)12-14(20)16-4-1-3-15-13/h1-12H2,(H,15,19)(H,16,20). The molecule has 2 unspecified atom stereocenters. The first-order chi connectivity index (χ1) is 10.2. The number of hydrogen-bond donors (Lipinski definition) is 2. The minimum atomic E-state index is 0.0947. The third-order valence-corrected chi connectivity index (χ3v) is 4.73. The molecule has 2 N–H and O–H groups in total. The first-order valence-electron chi connectivity index (χ1n) is 7.80. The summed E-state index contributed by atoms with van der Waals surface area (Å²) in [6.45, 7) is 6.03. The van der Waals surface area contributed by atoms with Crippen LogP contribution in [0.1, 0.15) is 12.8 Å². The molecule has 6 nitrogen and oxygen atoms in total. The lowest BCUT2D eigenvalue weighted by Gasteiger charge is -2.27. The minimum absolute atomic E-state index is 0.0947. The zero-order chi connectivity index (χ0) is 14.9. The van der Waals surface area contributed by atoms with E-state index in [1.165, 1.54) is 0 Å². The predicted molar refractivity (Wildman–Crippen MR) is 85.5 cm³/mol. The second-order valence-corrected chi connectivity index (χ2v) is 6.80. The number of hydrogen-bond acceptors (Lipinski definition) is 5. The van der Waals surface area contributed by atoms with Gasteiger partial charge >= 0.3 is 0 Å². The average Bonchev–Trinajstić information content (AvgIpc) is 2.45. The van der Waals surface area contributed by atoms with Crippen molar-refractivity contribution in [3.05, 3.63) is 0 Å². The number of fused-ring (bicyclic) bond motifs is 4. The van der Waals surface area contributed by atoms with Crippen LogP contribution in [0, 0.1) is 0 Å². The summed E-state index contributed by atoms with van der Waals surface area (Å²) in [6, 6.07) is 0. The van der Waals surface area contributed by atoms with Gasteiger partial charge in [-0.25, -0.2) is 0 Å². The molecule has 0 aliphatic carbocycles. The molecule has 2 rings (SSSR count). The lowest BCUT2D eigenvalue weighted by molar-refractivity contribution is -0.122. The molecule has 2 fully saturated rings. The van der Waals surface area contributed by atoms with Gasteiger partial charge in [-0.2, -0.15) is 11.8 Å². The number of rotatable bonds is 0. The van der Waals surface area contributed by atoms with Crippen molar-refractivity contribution in [2.75, 3.05) is 63.9 Å². The Bertz CT molecular complexity index is 324. The van der Waals surface area contributed by atoms with E-state index in [1.54, 1.807) is 0 Å². The maximum atomic E-state index is 11.9. The smallest absolute Gasteiger partial charge is 0.234 e. The Kier molecular flexibility index (Phi) is 7.32. The van der Waals surface area contributed by atoms with E-state index in [1.807, 2.05) is 11.8 Å². The number of carbonyl (C=O) groups is 2.